The second kappa shape index (κ2) is 5.54. The number of hydrogen-bond donors (Lipinski definition) is 1. The van der Waals surface area contributed by atoms with Gasteiger partial charge in [-0.2, -0.15) is 13.2 Å². The number of rotatable bonds is 4. The third kappa shape index (κ3) is 4.77. The molecule has 0 saturated carbocycles. The smallest absolute Gasteiger partial charge is 0.388 e. The largest absolute Gasteiger partial charge is 0.389 e. The van der Waals surface area contributed by atoms with Crippen LogP contribution in [-0.4, -0.2) is 11.3 Å². The molecule has 4 heteroatoms. The van der Waals surface area contributed by atoms with E-state index in [-0.39, 0.29) is 12.8 Å². The lowest BCUT2D eigenvalue weighted by Gasteiger charge is -2.15. The highest BCUT2D eigenvalue weighted by Gasteiger charge is 2.26. The second-order valence-electron chi connectivity index (χ2n) is 4.38. The van der Waals surface area contributed by atoms with Gasteiger partial charge in [-0.3, -0.25) is 0 Å². The minimum atomic E-state index is -4.14. The van der Waals surface area contributed by atoms with E-state index in [4.69, 9.17) is 0 Å². The number of hydrogen-bond acceptors (Lipinski definition) is 1. The maximum Gasteiger partial charge on any atom is 0.389 e. The minimum Gasteiger partial charge on any atom is -0.388 e. The number of aryl methyl sites for hydroxylation is 2. The fourth-order valence-corrected chi connectivity index (χ4v) is 1.77. The zero-order valence-electron chi connectivity index (χ0n) is 10.0. The van der Waals surface area contributed by atoms with Gasteiger partial charge in [0.05, 0.1) is 6.10 Å². The molecule has 0 radical (unpaired) electrons. The fourth-order valence-electron chi connectivity index (χ4n) is 1.77. The van der Waals surface area contributed by atoms with E-state index in [0.717, 1.165) is 16.7 Å². The van der Waals surface area contributed by atoms with Crippen LogP contribution in [0.3, 0.4) is 0 Å². The second-order valence-corrected chi connectivity index (χ2v) is 4.38. The minimum absolute atomic E-state index is 0.0436. The molecule has 0 saturated heterocycles. The van der Waals surface area contributed by atoms with Crippen molar-refractivity contribution in [2.45, 2.75) is 45.4 Å². The van der Waals surface area contributed by atoms with Gasteiger partial charge < -0.3 is 5.11 Å². The number of benzene rings is 1. The van der Waals surface area contributed by atoms with Crippen molar-refractivity contribution >= 4 is 0 Å². The predicted molar refractivity (Wildman–Crippen MR) is 60.8 cm³/mol. The van der Waals surface area contributed by atoms with Gasteiger partial charge in [0.25, 0.3) is 0 Å². The molecular formula is C13H17F3O. The van der Waals surface area contributed by atoms with E-state index in [9.17, 15) is 18.3 Å². The van der Waals surface area contributed by atoms with Crippen molar-refractivity contribution in [1.29, 1.82) is 0 Å². The highest BCUT2D eigenvalue weighted by molar-refractivity contribution is 5.32. The Balaban J connectivity index is 2.58. The van der Waals surface area contributed by atoms with E-state index in [2.05, 4.69) is 0 Å². The van der Waals surface area contributed by atoms with Gasteiger partial charge >= 0.3 is 6.18 Å². The summed E-state index contributed by atoms with van der Waals surface area (Å²) in [6.45, 7) is 3.74. The van der Waals surface area contributed by atoms with Gasteiger partial charge in [0, 0.05) is 6.42 Å². The molecule has 1 nitrogen and oxygen atoms in total. The zero-order chi connectivity index (χ0) is 13.1. The maximum absolute atomic E-state index is 12.0. The van der Waals surface area contributed by atoms with Crippen molar-refractivity contribution in [3.05, 3.63) is 34.9 Å². The van der Waals surface area contributed by atoms with Gasteiger partial charge in [-0.15, -0.1) is 0 Å². The molecule has 0 heterocycles. The SMILES string of the molecule is Cc1ccc(C)c(C(O)CCCC(F)(F)F)c1. The van der Waals surface area contributed by atoms with E-state index < -0.39 is 18.7 Å². The molecule has 1 atom stereocenters. The summed E-state index contributed by atoms with van der Waals surface area (Å²) in [6, 6.07) is 5.62. The van der Waals surface area contributed by atoms with Crippen molar-refractivity contribution in [2.24, 2.45) is 0 Å². The molecule has 1 unspecified atom stereocenters. The van der Waals surface area contributed by atoms with Crippen molar-refractivity contribution in [3.63, 3.8) is 0 Å². The molecule has 0 amide bonds. The van der Waals surface area contributed by atoms with Crippen molar-refractivity contribution in [3.8, 4) is 0 Å². The fraction of sp³-hybridized carbons (Fsp3) is 0.538. The Kier molecular flexibility index (Phi) is 4.57. The molecule has 0 aliphatic heterocycles. The molecule has 0 aliphatic carbocycles. The summed E-state index contributed by atoms with van der Waals surface area (Å²) >= 11 is 0. The topological polar surface area (TPSA) is 20.2 Å². The molecule has 1 N–H and O–H groups in total. The Morgan fingerprint density at radius 3 is 2.47 bits per heavy atom. The third-order valence-corrected chi connectivity index (χ3v) is 2.73. The van der Waals surface area contributed by atoms with Crippen LogP contribution in [0, 0.1) is 13.8 Å². The van der Waals surface area contributed by atoms with E-state index in [1.54, 1.807) is 0 Å². The van der Waals surface area contributed by atoms with Crippen LogP contribution in [0.2, 0.25) is 0 Å². The molecule has 1 aromatic rings. The van der Waals surface area contributed by atoms with Gasteiger partial charge in [0.15, 0.2) is 0 Å². The monoisotopic (exact) mass is 246 g/mol. The first kappa shape index (κ1) is 14.0. The van der Waals surface area contributed by atoms with Crippen LogP contribution in [-0.2, 0) is 0 Å². The summed E-state index contributed by atoms with van der Waals surface area (Å²) in [6.07, 6.45) is -5.68. The third-order valence-electron chi connectivity index (χ3n) is 2.73. The highest BCUT2D eigenvalue weighted by Crippen LogP contribution is 2.27. The molecule has 0 bridgehead atoms. The molecule has 17 heavy (non-hydrogen) atoms. The molecule has 0 aliphatic rings. The van der Waals surface area contributed by atoms with Gasteiger partial charge in [-0.05, 0) is 37.8 Å². The Bertz CT molecular complexity index is 371. The van der Waals surface area contributed by atoms with Gasteiger partial charge in [0.1, 0.15) is 0 Å². The Morgan fingerprint density at radius 2 is 1.88 bits per heavy atom. The molecule has 0 aromatic heterocycles. The Morgan fingerprint density at radius 1 is 1.24 bits per heavy atom. The predicted octanol–water partition coefficient (Wildman–Crippen LogP) is 4.07. The van der Waals surface area contributed by atoms with Crippen LogP contribution in [0.4, 0.5) is 13.2 Å². The molecule has 96 valence electrons. The molecule has 0 spiro atoms. The average molecular weight is 246 g/mol. The van der Waals surface area contributed by atoms with Crippen LogP contribution < -0.4 is 0 Å². The lowest BCUT2D eigenvalue weighted by Crippen LogP contribution is -2.08. The summed E-state index contributed by atoms with van der Waals surface area (Å²) in [5.74, 6) is 0. The Labute approximate surface area is 99.3 Å². The lowest BCUT2D eigenvalue weighted by molar-refractivity contribution is -0.136. The summed E-state index contributed by atoms with van der Waals surface area (Å²) in [5, 5.41) is 9.86. The molecule has 1 aromatic carbocycles. The van der Waals surface area contributed by atoms with E-state index >= 15 is 0 Å². The van der Waals surface area contributed by atoms with E-state index in [0.29, 0.717) is 0 Å². The van der Waals surface area contributed by atoms with Gasteiger partial charge in [0.2, 0.25) is 0 Å². The number of aliphatic hydroxyl groups is 1. The first-order valence-corrected chi connectivity index (χ1v) is 5.61. The quantitative estimate of drug-likeness (QED) is 0.849. The summed E-state index contributed by atoms with van der Waals surface area (Å²) < 4.78 is 35.9. The van der Waals surface area contributed by atoms with Crippen molar-refractivity contribution in [1.82, 2.24) is 0 Å². The van der Waals surface area contributed by atoms with Gasteiger partial charge in [-0.1, -0.05) is 23.8 Å². The van der Waals surface area contributed by atoms with E-state index in [1.807, 2.05) is 32.0 Å². The van der Waals surface area contributed by atoms with Crippen molar-refractivity contribution < 1.29 is 18.3 Å². The molecular weight excluding hydrogens is 229 g/mol. The number of alkyl halides is 3. The lowest BCUT2D eigenvalue weighted by atomic mass is 9.97. The first-order valence-electron chi connectivity index (χ1n) is 5.61. The van der Waals surface area contributed by atoms with Crippen LogP contribution in [0.25, 0.3) is 0 Å². The molecule has 0 fully saturated rings. The van der Waals surface area contributed by atoms with Crippen LogP contribution in [0.1, 0.15) is 42.1 Å². The molecule has 1 rings (SSSR count). The zero-order valence-corrected chi connectivity index (χ0v) is 10.0. The average Bonchev–Trinajstić information content (AvgIpc) is 2.19. The van der Waals surface area contributed by atoms with Crippen molar-refractivity contribution in [2.75, 3.05) is 0 Å². The summed E-state index contributed by atoms with van der Waals surface area (Å²) in [7, 11) is 0. The maximum atomic E-state index is 12.0. The Hall–Kier alpha value is -1.03. The van der Waals surface area contributed by atoms with Crippen LogP contribution >= 0.6 is 0 Å². The normalized spacial score (nSPS) is 13.8. The summed E-state index contributed by atoms with van der Waals surface area (Å²) in [5.41, 5.74) is 2.64. The standard InChI is InChI=1S/C13H17F3O/c1-9-5-6-10(2)11(8-9)12(17)4-3-7-13(14,15)16/h5-6,8,12,17H,3-4,7H2,1-2H3. The highest BCUT2D eigenvalue weighted by atomic mass is 19.4. The first-order chi connectivity index (χ1) is 7.79. The van der Waals surface area contributed by atoms with E-state index in [1.165, 1.54) is 0 Å². The summed E-state index contributed by atoms with van der Waals surface area (Å²) in [4.78, 5) is 0. The van der Waals surface area contributed by atoms with Gasteiger partial charge in [-0.25, -0.2) is 0 Å². The number of halogens is 3. The van der Waals surface area contributed by atoms with Crippen LogP contribution in [0.15, 0.2) is 18.2 Å². The number of aliphatic hydroxyl groups excluding tert-OH is 1. The van der Waals surface area contributed by atoms with Crippen LogP contribution in [0.5, 0.6) is 0 Å².